The molecule has 0 spiro atoms. The molecule has 1 heterocycles. The van der Waals surface area contributed by atoms with Gasteiger partial charge in [-0.15, -0.1) is 5.10 Å². The van der Waals surface area contributed by atoms with Crippen LogP contribution in [0.2, 0.25) is 0 Å². The number of benzene rings is 1. The zero-order valence-corrected chi connectivity index (χ0v) is 8.24. The van der Waals surface area contributed by atoms with E-state index in [9.17, 15) is 4.39 Å². The minimum atomic E-state index is -0.290. The minimum absolute atomic E-state index is 0.290. The molecule has 0 aliphatic rings. The fourth-order valence-electron chi connectivity index (χ4n) is 1.39. The fourth-order valence-corrected chi connectivity index (χ4v) is 1.39. The first-order valence-corrected chi connectivity index (χ1v) is 4.52. The van der Waals surface area contributed by atoms with Crippen molar-refractivity contribution >= 4 is 5.82 Å². The lowest BCUT2D eigenvalue weighted by atomic mass is 10.1. The third-order valence-electron chi connectivity index (χ3n) is 2.08. The second kappa shape index (κ2) is 3.65. The highest BCUT2D eigenvalue weighted by Gasteiger charge is 2.05. The summed E-state index contributed by atoms with van der Waals surface area (Å²) in [5.74, 6) is 0.0209. The van der Waals surface area contributed by atoms with Crippen LogP contribution in [0.5, 0.6) is 0 Å². The summed E-state index contributed by atoms with van der Waals surface area (Å²) in [4.78, 5) is 0. The molecule has 1 aromatic carbocycles. The van der Waals surface area contributed by atoms with Gasteiger partial charge in [-0.2, -0.15) is 5.10 Å². The van der Waals surface area contributed by atoms with E-state index < -0.39 is 0 Å². The standard InChI is InChI=1S/C11H10FN3/c1-7-5-10(11(13)15-14-7)8-3-2-4-9(12)6-8/h2-6H,1H3,(H2,13,15). The molecule has 0 saturated heterocycles. The average molecular weight is 203 g/mol. The van der Waals surface area contributed by atoms with E-state index in [1.807, 2.05) is 6.92 Å². The monoisotopic (exact) mass is 203 g/mol. The fraction of sp³-hybridized carbons (Fsp3) is 0.0909. The number of halogens is 1. The Hall–Kier alpha value is -1.97. The van der Waals surface area contributed by atoms with Gasteiger partial charge in [-0.1, -0.05) is 12.1 Å². The second-order valence-electron chi connectivity index (χ2n) is 3.29. The lowest BCUT2D eigenvalue weighted by molar-refractivity contribution is 0.628. The van der Waals surface area contributed by atoms with Gasteiger partial charge in [0.05, 0.1) is 5.69 Å². The molecule has 2 N–H and O–H groups in total. The SMILES string of the molecule is Cc1cc(-c2cccc(F)c2)c(N)nn1. The van der Waals surface area contributed by atoms with Gasteiger partial charge in [-0.05, 0) is 30.7 Å². The molecular weight excluding hydrogens is 193 g/mol. The first-order valence-electron chi connectivity index (χ1n) is 4.52. The number of nitrogen functional groups attached to an aromatic ring is 1. The van der Waals surface area contributed by atoms with Crippen LogP contribution < -0.4 is 5.73 Å². The topological polar surface area (TPSA) is 51.8 Å². The first-order chi connectivity index (χ1) is 7.16. The molecule has 3 nitrogen and oxygen atoms in total. The van der Waals surface area contributed by atoms with E-state index in [-0.39, 0.29) is 5.82 Å². The molecular formula is C11H10FN3. The number of aryl methyl sites for hydroxylation is 1. The Bertz CT molecular complexity index is 497. The Morgan fingerprint density at radius 2 is 2.00 bits per heavy atom. The highest BCUT2D eigenvalue weighted by molar-refractivity contribution is 5.73. The van der Waals surface area contributed by atoms with Crippen LogP contribution in [0.25, 0.3) is 11.1 Å². The van der Waals surface area contributed by atoms with E-state index in [1.54, 1.807) is 18.2 Å². The molecule has 0 fully saturated rings. The summed E-state index contributed by atoms with van der Waals surface area (Å²) < 4.78 is 13.0. The quantitative estimate of drug-likeness (QED) is 0.772. The van der Waals surface area contributed by atoms with Crippen LogP contribution in [0.3, 0.4) is 0 Å². The molecule has 0 radical (unpaired) electrons. The molecule has 0 aliphatic heterocycles. The lowest BCUT2D eigenvalue weighted by Gasteiger charge is -2.04. The second-order valence-corrected chi connectivity index (χ2v) is 3.29. The number of anilines is 1. The van der Waals surface area contributed by atoms with Gasteiger partial charge in [0, 0.05) is 5.56 Å². The van der Waals surface area contributed by atoms with Crippen molar-refractivity contribution < 1.29 is 4.39 Å². The van der Waals surface area contributed by atoms with Crippen LogP contribution in [0.15, 0.2) is 30.3 Å². The Kier molecular flexibility index (Phi) is 2.33. The Morgan fingerprint density at radius 3 is 2.73 bits per heavy atom. The number of hydrogen-bond donors (Lipinski definition) is 1. The third kappa shape index (κ3) is 1.93. The maximum atomic E-state index is 13.0. The summed E-state index contributed by atoms with van der Waals surface area (Å²) in [6, 6.07) is 8.03. The molecule has 2 aromatic rings. The first kappa shape index (κ1) is 9.58. The molecule has 0 atom stereocenters. The molecule has 4 heteroatoms. The van der Waals surface area contributed by atoms with Crippen LogP contribution in [0, 0.1) is 12.7 Å². The minimum Gasteiger partial charge on any atom is -0.382 e. The summed E-state index contributed by atoms with van der Waals surface area (Å²) in [5.41, 5.74) is 7.85. The van der Waals surface area contributed by atoms with Crippen molar-refractivity contribution in [1.82, 2.24) is 10.2 Å². The van der Waals surface area contributed by atoms with Gasteiger partial charge in [0.1, 0.15) is 5.82 Å². The van der Waals surface area contributed by atoms with Gasteiger partial charge in [0.25, 0.3) is 0 Å². The smallest absolute Gasteiger partial charge is 0.153 e. The van der Waals surface area contributed by atoms with Crippen molar-refractivity contribution in [2.45, 2.75) is 6.92 Å². The normalized spacial score (nSPS) is 10.3. The number of nitrogens with zero attached hydrogens (tertiary/aromatic N) is 2. The number of rotatable bonds is 1. The van der Waals surface area contributed by atoms with Crippen LogP contribution in [0.4, 0.5) is 10.2 Å². The highest BCUT2D eigenvalue weighted by atomic mass is 19.1. The van der Waals surface area contributed by atoms with Crippen molar-refractivity contribution in [2.75, 3.05) is 5.73 Å². The van der Waals surface area contributed by atoms with Crippen LogP contribution in [0.1, 0.15) is 5.69 Å². The lowest BCUT2D eigenvalue weighted by Crippen LogP contribution is -1.98. The molecule has 0 unspecified atom stereocenters. The van der Waals surface area contributed by atoms with Crippen LogP contribution in [-0.2, 0) is 0 Å². The zero-order valence-electron chi connectivity index (χ0n) is 8.24. The van der Waals surface area contributed by atoms with E-state index >= 15 is 0 Å². The van der Waals surface area contributed by atoms with Crippen molar-refractivity contribution in [3.63, 3.8) is 0 Å². The van der Waals surface area contributed by atoms with Crippen LogP contribution in [-0.4, -0.2) is 10.2 Å². The number of hydrogen-bond acceptors (Lipinski definition) is 3. The summed E-state index contributed by atoms with van der Waals surface area (Å²) in [6.45, 7) is 1.81. The molecule has 1 aromatic heterocycles. The largest absolute Gasteiger partial charge is 0.382 e. The summed E-state index contributed by atoms with van der Waals surface area (Å²) in [5, 5.41) is 7.61. The highest BCUT2D eigenvalue weighted by Crippen LogP contribution is 2.24. The van der Waals surface area contributed by atoms with Gasteiger partial charge in [-0.3, -0.25) is 0 Å². The van der Waals surface area contributed by atoms with Crippen molar-refractivity contribution in [3.8, 4) is 11.1 Å². The Balaban J connectivity index is 2.58. The van der Waals surface area contributed by atoms with Gasteiger partial charge >= 0.3 is 0 Å². The van der Waals surface area contributed by atoms with E-state index in [4.69, 9.17) is 5.73 Å². The third-order valence-corrected chi connectivity index (χ3v) is 2.08. The number of aromatic nitrogens is 2. The van der Waals surface area contributed by atoms with E-state index in [1.165, 1.54) is 12.1 Å². The van der Waals surface area contributed by atoms with Crippen molar-refractivity contribution in [3.05, 3.63) is 41.8 Å². The molecule has 76 valence electrons. The predicted molar refractivity (Wildman–Crippen MR) is 56.6 cm³/mol. The summed E-state index contributed by atoms with van der Waals surface area (Å²) >= 11 is 0. The molecule has 2 rings (SSSR count). The molecule has 0 saturated carbocycles. The van der Waals surface area contributed by atoms with E-state index in [0.29, 0.717) is 16.9 Å². The predicted octanol–water partition coefficient (Wildman–Crippen LogP) is 2.17. The average Bonchev–Trinajstić information content (AvgIpc) is 2.22. The van der Waals surface area contributed by atoms with Crippen molar-refractivity contribution in [1.29, 1.82) is 0 Å². The summed E-state index contributed by atoms with van der Waals surface area (Å²) in [7, 11) is 0. The van der Waals surface area contributed by atoms with E-state index in [0.717, 1.165) is 5.69 Å². The number of nitrogens with two attached hydrogens (primary N) is 1. The van der Waals surface area contributed by atoms with Crippen molar-refractivity contribution in [2.24, 2.45) is 0 Å². The molecule has 0 bridgehead atoms. The maximum absolute atomic E-state index is 13.0. The van der Waals surface area contributed by atoms with Crippen LogP contribution >= 0.6 is 0 Å². The zero-order chi connectivity index (χ0) is 10.8. The van der Waals surface area contributed by atoms with Gasteiger partial charge in [-0.25, -0.2) is 4.39 Å². The van der Waals surface area contributed by atoms with Gasteiger partial charge in [0.15, 0.2) is 5.82 Å². The Labute approximate surface area is 86.8 Å². The molecule has 15 heavy (non-hydrogen) atoms. The Morgan fingerprint density at radius 1 is 1.20 bits per heavy atom. The van der Waals surface area contributed by atoms with E-state index in [2.05, 4.69) is 10.2 Å². The maximum Gasteiger partial charge on any atom is 0.153 e. The van der Waals surface area contributed by atoms with Gasteiger partial charge in [0.2, 0.25) is 0 Å². The molecule has 0 aliphatic carbocycles. The summed E-state index contributed by atoms with van der Waals surface area (Å²) in [6.07, 6.45) is 0. The van der Waals surface area contributed by atoms with Gasteiger partial charge < -0.3 is 5.73 Å². The molecule has 0 amide bonds.